The van der Waals surface area contributed by atoms with E-state index in [1.807, 2.05) is 0 Å². The van der Waals surface area contributed by atoms with Gasteiger partial charge in [0, 0.05) is 6.42 Å². The van der Waals surface area contributed by atoms with Gasteiger partial charge in [-0.1, -0.05) is 64.7 Å². The average Bonchev–Trinajstić information content (AvgIpc) is 3.38. The van der Waals surface area contributed by atoms with E-state index in [0.717, 1.165) is 36.5 Å². The lowest BCUT2D eigenvalue weighted by Crippen LogP contribution is -1.93. The molecule has 0 unspecified atom stereocenters. The minimum absolute atomic E-state index is 0.353. The van der Waals surface area contributed by atoms with Crippen LogP contribution in [0.5, 0.6) is 0 Å². The zero-order valence-corrected chi connectivity index (χ0v) is 14.6. The summed E-state index contributed by atoms with van der Waals surface area (Å²) in [4.78, 5) is 10.4. The van der Waals surface area contributed by atoms with Gasteiger partial charge in [-0.05, 0) is 49.4 Å². The molecule has 0 spiro atoms. The van der Waals surface area contributed by atoms with Crippen molar-refractivity contribution in [3.8, 4) is 0 Å². The number of carbonyl (C=O) groups is 1. The molecule has 0 aromatic carbocycles. The second-order valence-electron chi connectivity index (χ2n) is 7.94. The zero-order valence-electron chi connectivity index (χ0n) is 14.6. The van der Waals surface area contributed by atoms with Crippen LogP contribution in [0.1, 0.15) is 96.8 Å². The second kappa shape index (κ2) is 9.57. The molecule has 2 fully saturated rings. The predicted octanol–water partition coefficient (Wildman–Crippen LogP) is 6.04. The van der Waals surface area contributed by atoms with Crippen LogP contribution in [0.25, 0.3) is 0 Å². The molecule has 22 heavy (non-hydrogen) atoms. The summed E-state index contributed by atoms with van der Waals surface area (Å²) in [6.07, 6.45) is 18.0. The molecule has 0 radical (unpaired) electrons. The maximum Gasteiger partial charge on any atom is 0.303 e. The molecule has 2 saturated carbocycles. The predicted molar refractivity (Wildman–Crippen MR) is 91.9 cm³/mol. The molecule has 0 heterocycles. The van der Waals surface area contributed by atoms with Crippen LogP contribution >= 0.6 is 0 Å². The third kappa shape index (κ3) is 7.15. The number of carboxylic acid groups (broad SMARTS) is 1. The molecule has 4 atom stereocenters. The van der Waals surface area contributed by atoms with Crippen LogP contribution in [-0.4, -0.2) is 11.1 Å². The first-order valence-corrected chi connectivity index (χ1v) is 9.92. The molecule has 0 bridgehead atoms. The highest BCUT2D eigenvalue weighted by Crippen LogP contribution is 2.54. The molecule has 2 heteroatoms. The highest BCUT2D eigenvalue weighted by atomic mass is 16.4. The van der Waals surface area contributed by atoms with Crippen LogP contribution in [0, 0.1) is 23.7 Å². The Labute approximate surface area is 137 Å². The molecule has 2 aliphatic rings. The Kier molecular flexibility index (Phi) is 7.75. The van der Waals surface area contributed by atoms with E-state index in [2.05, 4.69) is 6.92 Å². The summed E-state index contributed by atoms with van der Waals surface area (Å²) >= 11 is 0. The Balaban J connectivity index is 1.36. The van der Waals surface area contributed by atoms with Crippen molar-refractivity contribution in [3.05, 3.63) is 0 Å². The van der Waals surface area contributed by atoms with E-state index in [0.29, 0.717) is 6.42 Å². The van der Waals surface area contributed by atoms with Crippen molar-refractivity contribution in [1.29, 1.82) is 0 Å². The summed E-state index contributed by atoms with van der Waals surface area (Å²) in [5, 5.41) is 8.58. The van der Waals surface area contributed by atoms with Crippen molar-refractivity contribution in [3.63, 3.8) is 0 Å². The van der Waals surface area contributed by atoms with Gasteiger partial charge in [-0.3, -0.25) is 4.79 Å². The van der Waals surface area contributed by atoms with Gasteiger partial charge in [0.15, 0.2) is 0 Å². The Morgan fingerprint density at radius 1 is 0.818 bits per heavy atom. The van der Waals surface area contributed by atoms with Crippen LogP contribution in [0.2, 0.25) is 0 Å². The lowest BCUT2D eigenvalue weighted by atomic mass is 10.0. The zero-order chi connectivity index (χ0) is 15.8. The minimum Gasteiger partial charge on any atom is -0.481 e. The topological polar surface area (TPSA) is 37.3 Å². The summed E-state index contributed by atoms with van der Waals surface area (Å²) in [5.74, 6) is 3.68. The van der Waals surface area contributed by atoms with Crippen LogP contribution in [-0.2, 0) is 4.79 Å². The third-order valence-corrected chi connectivity index (χ3v) is 5.89. The lowest BCUT2D eigenvalue weighted by Gasteiger charge is -2.02. The fourth-order valence-corrected chi connectivity index (χ4v) is 4.16. The maximum absolute atomic E-state index is 10.4. The largest absolute Gasteiger partial charge is 0.481 e. The molecule has 0 amide bonds. The smallest absolute Gasteiger partial charge is 0.303 e. The van der Waals surface area contributed by atoms with Gasteiger partial charge >= 0.3 is 5.97 Å². The lowest BCUT2D eigenvalue weighted by molar-refractivity contribution is -0.137. The summed E-state index contributed by atoms with van der Waals surface area (Å²) in [5.41, 5.74) is 0. The Bertz CT molecular complexity index is 326. The van der Waals surface area contributed by atoms with Gasteiger partial charge in [-0.15, -0.1) is 0 Å². The molecule has 2 rings (SSSR count). The molecule has 0 aromatic rings. The third-order valence-electron chi connectivity index (χ3n) is 5.89. The van der Waals surface area contributed by atoms with E-state index < -0.39 is 5.97 Å². The Morgan fingerprint density at radius 3 is 1.95 bits per heavy atom. The maximum atomic E-state index is 10.4. The minimum atomic E-state index is -0.645. The SMILES string of the molecule is CCCCC[C@H]1C[C@H]1C[C@@H]1C[C@@H]1CCCCCCCC(=O)O. The van der Waals surface area contributed by atoms with Gasteiger partial charge in [0.05, 0.1) is 0 Å². The fraction of sp³-hybridized carbons (Fsp3) is 0.950. The summed E-state index contributed by atoms with van der Waals surface area (Å²) in [7, 11) is 0. The molecular weight excluding hydrogens is 272 g/mol. The van der Waals surface area contributed by atoms with Gasteiger partial charge in [-0.2, -0.15) is 0 Å². The number of carboxylic acids is 1. The molecule has 2 aliphatic carbocycles. The average molecular weight is 309 g/mol. The molecule has 0 aliphatic heterocycles. The summed E-state index contributed by atoms with van der Waals surface area (Å²) in [6.45, 7) is 2.30. The van der Waals surface area contributed by atoms with Gasteiger partial charge in [0.2, 0.25) is 0 Å². The van der Waals surface area contributed by atoms with Gasteiger partial charge in [0.1, 0.15) is 0 Å². The first-order valence-electron chi connectivity index (χ1n) is 9.92. The molecule has 2 nitrogen and oxygen atoms in total. The van der Waals surface area contributed by atoms with Gasteiger partial charge in [-0.25, -0.2) is 0 Å². The van der Waals surface area contributed by atoms with Gasteiger partial charge < -0.3 is 5.11 Å². The fourth-order valence-electron chi connectivity index (χ4n) is 4.16. The first-order chi connectivity index (χ1) is 10.7. The number of aliphatic carboxylic acids is 1. The van der Waals surface area contributed by atoms with Crippen molar-refractivity contribution >= 4 is 5.97 Å². The number of hydrogen-bond acceptors (Lipinski definition) is 1. The van der Waals surface area contributed by atoms with Crippen molar-refractivity contribution in [1.82, 2.24) is 0 Å². The summed E-state index contributed by atoms with van der Waals surface area (Å²) < 4.78 is 0. The number of hydrogen-bond donors (Lipinski definition) is 1. The quantitative estimate of drug-likeness (QED) is 0.397. The van der Waals surface area contributed by atoms with E-state index in [4.69, 9.17) is 5.11 Å². The van der Waals surface area contributed by atoms with Crippen LogP contribution in [0.4, 0.5) is 0 Å². The van der Waals surface area contributed by atoms with Crippen LogP contribution in [0.15, 0.2) is 0 Å². The standard InChI is InChI=1S/C20H36O2/c1-2-3-7-10-16-13-18(16)15-19-14-17(19)11-8-5-4-6-9-12-20(21)22/h16-19H,2-15H2,1H3,(H,21,22)/t16-,17-,18-,19-/m0/s1. The normalized spacial score (nSPS) is 29.5. The second-order valence-corrected chi connectivity index (χ2v) is 7.94. The van der Waals surface area contributed by atoms with Crippen molar-refractivity contribution in [2.45, 2.75) is 96.8 Å². The highest BCUT2D eigenvalue weighted by molar-refractivity contribution is 5.66. The van der Waals surface area contributed by atoms with E-state index in [9.17, 15) is 4.79 Å². The van der Waals surface area contributed by atoms with Crippen LogP contribution < -0.4 is 0 Å². The van der Waals surface area contributed by atoms with E-state index in [1.165, 1.54) is 64.2 Å². The number of unbranched alkanes of at least 4 members (excludes halogenated alkanes) is 6. The summed E-state index contributed by atoms with van der Waals surface area (Å²) in [6, 6.07) is 0. The first kappa shape index (κ1) is 17.8. The Morgan fingerprint density at radius 2 is 1.36 bits per heavy atom. The van der Waals surface area contributed by atoms with E-state index in [1.54, 1.807) is 6.42 Å². The Hall–Kier alpha value is -0.530. The van der Waals surface area contributed by atoms with Crippen molar-refractivity contribution in [2.75, 3.05) is 0 Å². The van der Waals surface area contributed by atoms with E-state index >= 15 is 0 Å². The van der Waals surface area contributed by atoms with Crippen molar-refractivity contribution in [2.24, 2.45) is 23.7 Å². The van der Waals surface area contributed by atoms with Crippen molar-refractivity contribution < 1.29 is 9.90 Å². The molecular formula is C20H36O2. The van der Waals surface area contributed by atoms with Crippen LogP contribution in [0.3, 0.4) is 0 Å². The monoisotopic (exact) mass is 308 g/mol. The van der Waals surface area contributed by atoms with E-state index in [-0.39, 0.29) is 0 Å². The highest BCUT2D eigenvalue weighted by Gasteiger charge is 2.44. The number of rotatable bonds is 14. The molecule has 0 saturated heterocycles. The molecule has 128 valence electrons. The van der Waals surface area contributed by atoms with Gasteiger partial charge in [0.25, 0.3) is 0 Å². The molecule has 0 aromatic heterocycles. The molecule has 1 N–H and O–H groups in total.